The Morgan fingerprint density at radius 1 is 1.42 bits per heavy atom. The van der Waals surface area contributed by atoms with Gasteiger partial charge in [-0.2, -0.15) is 13.2 Å². The van der Waals surface area contributed by atoms with Crippen LogP contribution in [0.3, 0.4) is 0 Å². The van der Waals surface area contributed by atoms with Crippen LogP contribution in [-0.2, 0) is 9.53 Å². The zero-order chi connectivity index (χ0) is 14.5. The number of amides is 1. The van der Waals surface area contributed by atoms with Gasteiger partial charge < -0.3 is 15.8 Å². The van der Waals surface area contributed by atoms with Gasteiger partial charge in [0.2, 0.25) is 5.91 Å². The predicted molar refractivity (Wildman–Crippen MR) is 64.4 cm³/mol. The first-order valence-electron chi connectivity index (χ1n) is 6.47. The van der Waals surface area contributed by atoms with Crippen molar-refractivity contribution in [1.29, 1.82) is 0 Å². The standard InChI is InChI=1S/C12H21F3N2O2/c1-19-8(7-16)6-11(18)17-10-5-3-2-4-9(10)12(13,14)15/h8-10H,2-7,16H2,1H3,(H,17,18). The summed E-state index contributed by atoms with van der Waals surface area (Å²) in [6, 6.07) is -0.823. The van der Waals surface area contributed by atoms with Gasteiger partial charge in [0, 0.05) is 19.7 Å². The van der Waals surface area contributed by atoms with Crippen molar-refractivity contribution in [2.45, 2.75) is 50.4 Å². The zero-order valence-corrected chi connectivity index (χ0v) is 11.0. The molecule has 19 heavy (non-hydrogen) atoms. The number of nitrogens with two attached hydrogens (primary N) is 1. The molecule has 1 amide bonds. The van der Waals surface area contributed by atoms with Gasteiger partial charge in [0.15, 0.2) is 0 Å². The molecule has 3 unspecified atom stereocenters. The molecule has 0 spiro atoms. The van der Waals surface area contributed by atoms with Crippen LogP contribution in [0.1, 0.15) is 32.1 Å². The van der Waals surface area contributed by atoms with Gasteiger partial charge in [0.1, 0.15) is 0 Å². The molecule has 0 aromatic rings. The van der Waals surface area contributed by atoms with Gasteiger partial charge in [-0.1, -0.05) is 12.8 Å². The van der Waals surface area contributed by atoms with Crippen LogP contribution >= 0.6 is 0 Å². The summed E-state index contributed by atoms with van der Waals surface area (Å²) < 4.78 is 43.5. The van der Waals surface area contributed by atoms with E-state index >= 15 is 0 Å². The van der Waals surface area contributed by atoms with Crippen molar-refractivity contribution in [2.75, 3.05) is 13.7 Å². The van der Waals surface area contributed by atoms with Crippen LogP contribution in [0.4, 0.5) is 13.2 Å². The van der Waals surface area contributed by atoms with Crippen molar-refractivity contribution in [3.63, 3.8) is 0 Å². The highest BCUT2D eigenvalue weighted by molar-refractivity contribution is 5.76. The van der Waals surface area contributed by atoms with Crippen LogP contribution in [0.25, 0.3) is 0 Å². The summed E-state index contributed by atoms with van der Waals surface area (Å²) in [5.74, 6) is -1.87. The summed E-state index contributed by atoms with van der Waals surface area (Å²) in [6.45, 7) is 0.164. The van der Waals surface area contributed by atoms with E-state index < -0.39 is 30.1 Å². The topological polar surface area (TPSA) is 64.3 Å². The normalized spacial score (nSPS) is 25.9. The molecule has 0 aliphatic heterocycles. The highest BCUT2D eigenvalue weighted by Gasteiger charge is 2.45. The van der Waals surface area contributed by atoms with E-state index in [4.69, 9.17) is 10.5 Å². The van der Waals surface area contributed by atoms with Crippen molar-refractivity contribution in [3.8, 4) is 0 Å². The van der Waals surface area contributed by atoms with Crippen molar-refractivity contribution >= 4 is 5.91 Å². The van der Waals surface area contributed by atoms with Crippen LogP contribution in [0.5, 0.6) is 0 Å². The molecule has 0 radical (unpaired) electrons. The van der Waals surface area contributed by atoms with Gasteiger partial charge in [0.25, 0.3) is 0 Å². The second-order valence-corrected chi connectivity index (χ2v) is 4.90. The third-order valence-electron chi connectivity index (χ3n) is 3.54. The number of nitrogens with one attached hydrogen (secondary N) is 1. The number of methoxy groups -OCH3 is 1. The molecule has 1 aliphatic carbocycles. The van der Waals surface area contributed by atoms with Crippen LogP contribution in [-0.4, -0.2) is 37.9 Å². The Bertz CT molecular complexity index is 293. The number of halogens is 3. The Morgan fingerprint density at radius 2 is 2.05 bits per heavy atom. The number of carbonyl (C=O) groups is 1. The molecule has 0 aromatic carbocycles. The number of carbonyl (C=O) groups excluding carboxylic acids is 1. The van der Waals surface area contributed by atoms with E-state index in [0.717, 1.165) is 0 Å². The maximum atomic E-state index is 12.8. The quantitative estimate of drug-likeness (QED) is 0.805. The van der Waals surface area contributed by atoms with Crippen molar-refractivity contribution in [3.05, 3.63) is 0 Å². The number of rotatable bonds is 5. The molecule has 1 fully saturated rings. The minimum atomic E-state index is -4.26. The average Bonchev–Trinajstić information content (AvgIpc) is 2.35. The van der Waals surface area contributed by atoms with E-state index in [0.29, 0.717) is 19.3 Å². The third kappa shape index (κ3) is 4.99. The van der Waals surface area contributed by atoms with E-state index in [2.05, 4.69) is 5.32 Å². The molecular weight excluding hydrogens is 261 g/mol. The first-order chi connectivity index (χ1) is 8.88. The molecule has 4 nitrogen and oxygen atoms in total. The Balaban J connectivity index is 2.55. The van der Waals surface area contributed by atoms with E-state index in [1.165, 1.54) is 7.11 Å². The minimum Gasteiger partial charge on any atom is -0.380 e. The zero-order valence-electron chi connectivity index (χ0n) is 11.0. The highest BCUT2D eigenvalue weighted by atomic mass is 19.4. The lowest BCUT2D eigenvalue weighted by Gasteiger charge is -2.33. The molecule has 1 rings (SSSR count). The minimum absolute atomic E-state index is 0.00588. The molecule has 7 heteroatoms. The van der Waals surface area contributed by atoms with Crippen LogP contribution < -0.4 is 11.1 Å². The largest absolute Gasteiger partial charge is 0.393 e. The van der Waals surface area contributed by atoms with Gasteiger partial charge >= 0.3 is 6.18 Å². The fourth-order valence-corrected chi connectivity index (χ4v) is 2.43. The Hall–Kier alpha value is -0.820. The Kier molecular flexibility index (Phi) is 6.06. The highest BCUT2D eigenvalue weighted by Crippen LogP contribution is 2.37. The van der Waals surface area contributed by atoms with Crippen molar-refractivity contribution < 1.29 is 22.7 Å². The van der Waals surface area contributed by atoms with Gasteiger partial charge in [-0.3, -0.25) is 4.79 Å². The molecule has 3 atom stereocenters. The molecule has 0 aromatic heterocycles. The summed E-state index contributed by atoms with van der Waals surface area (Å²) in [6.07, 6.45) is -2.99. The lowest BCUT2D eigenvalue weighted by Crippen LogP contribution is -2.48. The Labute approximate surface area is 110 Å². The lowest BCUT2D eigenvalue weighted by molar-refractivity contribution is -0.189. The fourth-order valence-electron chi connectivity index (χ4n) is 2.43. The molecular formula is C12H21F3N2O2. The monoisotopic (exact) mass is 282 g/mol. The van der Waals surface area contributed by atoms with Crippen molar-refractivity contribution in [2.24, 2.45) is 11.7 Å². The van der Waals surface area contributed by atoms with Gasteiger partial charge in [-0.15, -0.1) is 0 Å². The maximum absolute atomic E-state index is 12.8. The maximum Gasteiger partial charge on any atom is 0.393 e. The Morgan fingerprint density at radius 3 is 2.58 bits per heavy atom. The molecule has 0 saturated heterocycles. The van der Waals surface area contributed by atoms with Crippen molar-refractivity contribution in [1.82, 2.24) is 5.32 Å². The average molecular weight is 282 g/mol. The van der Waals surface area contributed by atoms with Crippen LogP contribution in [0, 0.1) is 5.92 Å². The lowest BCUT2D eigenvalue weighted by atomic mass is 9.84. The number of ether oxygens (including phenoxy) is 1. The van der Waals surface area contributed by atoms with Gasteiger partial charge in [-0.05, 0) is 12.8 Å². The SMILES string of the molecule is COC(CN)CC(=O)NC1CCCCC1C(F)(F)F. The fraction of sp³-hybridized carbons (Fsp3) is 0.917. The molecule has 112 valence electrons. The first-order valence-corrected chi connectivity index (χ1v) is 6.47. The smallest absolute Gasteiger partial charge is 0.380 e. The molecule has 0 heterocycles. The van der Waals surface area contributed by atoms with Gasteiger partial charge in [-0.25, -0.2) is 0 Å². The van der Waals surface area contributed by atoms with E-state index in [1.54, 1.807) is 0 Å². The number of hydrogen-bond donors (Lipinski definition) is 2. The summed E-state index contributed by atoms with van der Waals surface area (Å²) in [5.41, 5.74) is 5.38. The summed E-state index contributed by atoms with van der Waals surface area (Å²) in [7, 11) is 1.42. The van der Waals surface area contributed by atoms with E-state index in [-0.39, 0.29) is 19.4 Å². The second kappa shape index (κ2) is 7.09. The summed E-state index contributed by atoms with van der Waals surface area (Å²) in [4.78, 5) is 11.7. The van der Waals surface area contributed by atoms with E-state index in [9.17, 15) is 18.0 Å². The molecule has 1 saturated carbocycles. The van der Waals surface area contributed by atoms with Gasteiger partial charge in [0.05, 0.1) is 18.4 Å². The molecule has 1 aliphatic rings. The van der Waals surface area contributed by atoms with E-state index in [1.807, 2.05) is 0 Å². The predicted octanol–water partition coefficient (Wildman–Crippen LogP) is 1.59. The summed E-state index contributed by atoms with van der Waals surface area (Å²) in [5, 5.41) is 2.48. The third-order valence-corrected chi connectivity index (χ3v) is 3.54. The first kappa shape index (κ1) is 16.2. The van der Waals surface area contributed by atoms with Crippen LogP contribution in [0.15, 0.2) is 0 Å². The number of hydrogen-bond acceptors (Lipinski definition) is 3. The molecule has 0 bridgehead atoms. The second-order valence-electron chi connectivity index (χ2n) is 4.90. The van der Waals surface area contributed by atoms with Crippen LogP contribution in [0.2, 0.25) is 0 Å². The number of alkyl halides is 3. The summed E-state index contributed by atoms with van der Waals surface area (Å²) >= 11 is 0. The molecule has 3 N–H and O–H groups in total.